The molecule has 0 fully saturated rings. The Morgan fingerprint density at radius 1 is 1.53 bits per heavy atom. The largest absolute Gasteiger partial charge is 0.489 e. The van der Waals surface area contributed by atoms with Crippen molar-refractivity contribution >= 4 is 11.4 Å². The number of hydrogen-bond donors (Lipinski definition) is 2. The molecule has 4 nitrogen and oxygen atoms in total. The molecule has 0 saturated heterocycles. The van der Waals surface area contributed by atoms with Gasteiger partial charge in [0.15, 0.2) is 0 Å². The fraction of sp³-hybridized carbons (Fsp3) is 0.538. The lowest BCUT2D eigenvalue weighted by Gasteiger charge is -2.14. The van der Waals surface area contributed by atoms with Crippen LogP contribution in [0.1, 0.15) is 19.8 Å². The summed E-state index contributed by atoms with van der Waals surface area (Å²) in [5, 5.41) is 3.31. The summed E-state index contributed by atoms with van der Waals surface area (Å²) in [7, 11) is 0. The number of hydrogen-bond acceptors (Lipinski definition) is 4. The number of fused-ring (bicyclic) bond motifs is 1. The van der Waals surface area contributed by atoms with Crippen molar-refractivity contribution in [3.63, 3.8) is 0 Å². The van der Waals surface area contributed by atoms with Gasteiger partial charge in [-0.1, -0.05) is 13.3 Å². The first-order valence-electron chi connectivity index (χ1n) is 6.17. The molecule has 3 N–H and O–H groups in total. The first-order chi connectivity index (χ1) is 8.29. The van der Waals surface area contributed by atoms with Gasteiger partial charge in [0, 0.05) is 18.8 Å². The Bertz CT molecular complexity index is 368. The maximum atomic E-state index is 5.75. The standard InChI is InChI=1S/C13H20N2O2/c1-2-3-6-16-11-8-15-12-7-10(14)4-5-13(12)17-9-11/h4-5,7,11,15H,2-3,6,8-9,14H2,1H3. The van der Waals surface area contributed by atoms with Gasteiger partial charge in [0.1, 0.15) is 18.5 Å². The summed E-state index contributed by atoms with van der Waals surface area (Å²) < 4.78 is 11.4. The van der Waals surface area contributed by atoms with Crippen LogP contribution < -0.4 is 15.8 Å². The molecule has 1 aromatic carbocycles. The Balaban J connectivity index is 1.92. The number of unbranched alkanes of at least 4 members (excludes halogenated alkanes) is 1. The van der Waals surface area contributed by atoms with Crippen molar-refractivity contribution in [2.45, 2.75) is 25.9 Å². The van der Waals surface area contributed by atoms with Gasteiger partial charge in [0.2, 0.25) is 0 Å². The van der Waals surface area contributed by atoms with Gasteiger partial charge in [-0.3, -0.25) is 0 Å². The van der Waals surface area contributed by atoms with Crippen molar-refractivity contribution in [2.24, 2.45) is 0 Å². The maximum Gasteiger partial charge on any atom is 0.142 e. The minimum Gasteiger partial charge on any atom is -0.489 e. The average molecular weight is 236 g/mol. The number of nitrogens with one attached hydrogen (secondary N) is 1. The lowest BCUT2D eigenvalue weighted by molar-refractivity contribution is 0.0299. The van der Waals surface area contributed by atoms with Crippen molar-refractivity contribution in [1.29, 1.82) is 0 Å². The highest BCUT2D eigenvalue weighted by atomic mass is 16.5. The predicted molar refractivity (Wildman–Crippen MR) is 69.5 cm³/mol. The molecular weight excluding hydrogens is 216 g/mol. The summed E-state index contributed by atoms with van der Waals surface area (Å²) in [5.74, 6) is 0.848. The molecule has 1 atom stereocenters. The molecule has 1 heterocycles. The van der Waals surface area contributed by atoms with E-state index in [0.717, 1.165) is 43.1 Å². The van der Waals surface area contributed by atoms with Crippen molar-refractivity contribution in [2.75, 3.05) is 30.8 Å². The number of rotatable bonds is 4. The second-order valence-electron chi connectivity index (χ2n) is 4.29. The van der Waals surface area contributed by atoms with Crippen LogP contribution in [-0.4, -0.2) is 25.9 Å². The normalized spacial score (nSPS) is 18.8. The SMILES string of the molecule is CCCCOC1CNc2cc(N)ccc2OC1. The summed E-state index contributed by atoms with van der Waals surface area (Å²) >= 11 is 0. The highest BCUT2D eigenvalue weighted by molar-refractivity contribution is 5.63. The third-order valence-electron chi connectivity index (χ3n) is 2.80. The van der Waals surface area contributed by atoms with Crippen LogP contribution in [0.3, 0.4) is 0 Å². The second-order valence-corrected chi connectivity index (χ2v) is 4.29. The van der Waals surface area contributed by atoms with Crippen LogP contribution in [0.15, 0.2) is 18.2 Å². The molecule has 0 bridgehead atoms. The molecule has 94 valence electrons. The van der Waals surface area contributed by atoms with E-state index in [0.29, 0.717) is 6.61 Å². The van der Waals surface area contributed by atoms with Crippen molar-refractivity contribution in [3.8, 4) is 5.75 Å². The topological polar surface area (TPSA) is 56.5 Å². The summed E-state index contributed by atoms with van der Waals surface area (Å²) in [6.07, 6.45) is 2.35. The van der Waals surface area contributed by atoms with Crippen molar-refractivity contribution in [3.05, 3.63) is 18.2 Å². The smallest absolute Gasteiger partial charge is 0.142 e. The fourth-order valence-corrected chi connectivity index (χ4v) is 1.78. The molecule has 0 aliphatic carbocycles. The van der Waals surface area contributed by atoms with Crippen LogP contribution >= 0.6 is 0 Å². The van der Waals surface area contributed by atoms with Crippen LogP contribution in [0.25, 0.3) is 0 Å². The van der Waals surface area contributed by atoms with Crippen LogP contribution in [0, 0.1) is 0 Å². The first-order valence-corrected chi connectivity index (χ1v) is 6.17. The van der Waals surface area contributed by atoms with E-state index < -0.39 is 0 Å². The molecule has 17 heavy (non-hydrogen) atoms. The molecule has 0 spiro atoms. The zero-order valence-electron chi connectivity index (χ0n) is 10.2. The Morgan fingerprint density at radius 3 is 3.24 bits per heavy atom. The van der Waals surface area contributed by atoms with Gasteiger partial charge in [-0.15, -0.1) is 0 Å². The summed E-state index contributed by atoms with van der Waals surface area (Å²) in [5.41, 5.74) is 7.43. The minimum atomic E-state index is 0.107. The molecule has 1 aliphatic rings. The summed E-state index contributed by atoms with van der Waals surface area (Å²) in [6.45, 7) is 4.31. The van der Waals surface area contributed by atoms with Crippen LogP contribution in [0.2, 0.25) is 0 Å². The number of nitrogen functional groups attached to an aromatic ring is 1. The highest BCUT2D eigenvalue weighted by Crippen LogP contribution is 2.28. The summed E-state index contributed by atoms with van der Waals surface area (Å²) in [6, 6.07) is 5.63. The van der Waals surface area contributed by atoms with E-state index in [9.17, 15) is 0 Å². The van der Waals surface area contributed by atoms with E-state index in [1.54, 1.807) is 0 Å². The molecule has 1 unspecified atom stereocenters. The Hall–Kier alpha value is -1.42. The van der Waals surface area contributed by atoms with Gasteiger partial charge in [0.25, 0.3) is 0 Å². The predicted octanol–water partition coefficient (Wildman–Crippen LogP) is 2.26. The second kappa shape index (κ2) is 5.77. The lowest BCUT2D eigenvalue weighted by atomic mass is 10.2. The third-order valence-corrected chi connectivity index (χ3v) is 2.80. The van der Waals surface area contributed by atoms with Crippen LogP contribution in [0.4, 0.5) is 11.4 Å². The molecule has 0 amide bonds. The number of nitrogens with two attached hydrogens (primary N) is 1. The molecule has 0 aromatic heterocycles. The first kappa shape index (κ1) is 12.0. The van der Waals surface area contributed by atoms with Crippen molar-refractivity contribution < 1.29 is 9.47 Å². The molecule has 1 aliphatic heterocycles. The van der Waals surface area contributed by atoms with Gasteiger partial charge in [-0.25, -0.2) is 0 Å². The van der Waals surface area contributed by atoms with E-state index in [2.05, 4.69) is 12.2 Å². The number of anilines is 2. The van der Waals surface area contributed by atoms with Gasteiger partial charge in [0.05, 0.1) is 5.69 Å². The van der Waals surface area contributed by atoms with E-state index in [4.69, 9.17) is 15.2 Å². The van der Waals surface area contributed by atoms with Gasteiger partial charge in [-0.2, -0.15) is 0 Å². The Morgan fingerprint density at radius 2 is 2.41 bits per heavy atom. The third kappa shape index (κ3) is 3.27. The zero-order chi connectivity index (χ0) is 12.1. The summed E-state index contributed by atoms with van der Waals surface area (Å²) in [4.78, 5) is 0. The molecule has 0 saturated carbocycles. The van der Waals surface area contributed by atoms with Crippen LogP contribution in [-0.2, 0) is 4.74 Å². The van der Waals surface area contributed by atoms with Gasteiger partial charge >= 0.3 is 0 Å². The lowest BCUT2D eigenvalue weighted by Crippen LogP contribution is -2.27. The Labute approximate surface area is 102 Å². The molecule has 4 heteroatoms. The van der Waals surface area contributed by atoms with E-state index in [1.807, 2.05) is 18.2 Å². The zero-order valence-corrected chi connectivity index (χ0v) is 10.2. The van der Waals surface area contributed by atoms with Gasteiger partial charge < -0.3 is 20.5 Å². The molecule has 2 rings (SSSR count). The molecule has 1 aromatic rings. The maximum absolute atomic E-state index is 5.75. The van der Waals surface area contributed by atoms with Crippen LogP contribution in [0.5, 0.6) is 5.75 Å². The highest BCUT2D eigenvalue weighted by Gasteiger charge is 2.16. The van der Waals surface area contributed by atoms with E-state index in [-0.39, 0.29) is 6.10 Å². The minimum absolute atomic E-state index is 0.107. The average Bonchev–Trinajstić information content (AvgIpc) is 2.52. The fourth-order valence-electron chi connectivity index (χ4n) is 1.78. The molecular formula is C13H20N2O2. The van der Waals surface area contributed by atoms with E-state index >= 15 is 0 Å². The van der Waals surface area contributed by atoms with E-state index in [1.165, 1.54) is 0 Å². The molecule has 0 radical (unpaired) electrons. The number of ether oxygens (including phenoxy) is 2. The Kier molecular flexibility index (Phi) is 4.09. The van der Waals surface area contributed by atoms with Gasteiger partial charge in [-0.05, 0) is 24.6 Å². The number of benzene rings is 1. The monoisotopic (exact) mass is 236 g/mol. The van der Waals surface area contributed by atoms with Crippen molar-refractivity contribution in [1.82, 2.24) is 0 Å². The quantitative estimate of drug-likeness (QED) is 0.622.